The van der Waals surface area contributed by atoms with Crippen LogP contribution in [0.15, 0.2) is 29.3 Å². The summed E-state index contributed by atoms with van der Waals surface area (Å²) in [6.07, 6.45) is 1.87. The van der Waals surface area contributed by atoms with E-state index in [1.54, 1.807) is 19.1 Å². The molecule has 0 unspecified atom stereocenters. The minimum absolute atomic E-state index is 0.0557. The molecule has 1 amide bonds. The summed E-state index contributed by atoms with van der Waals surface area (Å²) in [5.74, 6) is 0.644. The van der Waals surface area contributed by atoms with Gasteiger partial charge in [-0.1, -0.05) is 34.1 Å². The van der Waals surface area contributed by atoms with Gasteiger partial charge in [-0.15, -0.1) is 0 Å². The third-order valence-corrected chi connectivity index (χ3v) is 2.28. The Morgan fingerprint density at radius 2 is 2.12 bits per heavy atom. The highest BCUT2D eigenvalue weighted by molar-refractivity contribution is 9.11. The second-order valence-electron chi connectivity index (χ2n) is 3.41. The molecule has 16 heavy (non-hydrogen) atoms. The highest BCUT2D eigenvalue weighted by Gasteiger charge is 2.06. The summed E-state index contributed by atoms with van der Waals surface area (Å²) >= 11 is 3.21. The second-order valence-corrected chi connectivity index (χ2v) is 3.94. The maximum atomic E-state index is 11.4. The maximum Gasteiger partial charge on any atom is 0.259 e. The number of likely N-dealkylation sites (N-methyl/N-ethyl adjacent to an activating group) is 1. The molecule has 0 bridgehead atoms. The first kappa shape index (κ1) is 12.8. The van der Waals surface area contributed by atoms with Crippen LogP contribution in [0.4, 0.5) is 0 Å². The quantitative estimate of drug-likeness (QED) is 0.850. The van der Waals surface area contributed by atoms with Crippen molar-refractivity contribution in [1.82, 2.24) is 4.90 Å². The second kappa shape index (κ2) is 6.33. The number of hydrogen-bond acceptors (Lipinski definition) is 2. The Hall–Kier alpha value is -1.29. The molecule has 0 saturated heterocycles. The Morgan fingerprint density at radius 3 is 2.75 bits per heavy atom. The Kier molecular flexibility index (Phi) is 5.05. The smallest absolute Gasteiger partial charge is 0.259 e. The zero-order chi connectivity index (χ0) is 12.0. The minimum Gasteiger partial charge on any atom is -0.483 e. The van der Waals surface area contributed by atoms with Crippen LogP contribution in [0.3, 0.4) is 0 Å². The first-order valence-electron chi connectivity index (χ1n) is 4.84. The van der Waals surface area contributed by atoms with Crippen LogP contribution in [-0.4, -0.2) is 31.5 Å². The van der Waals surface area contributed by atoms with Crippen LogP contribution in [0.25, 0.3) is 6.08 Å². The van der Waals surface area contributed by atoms with Gasteiger partial charge in [0.05, 0.1) is 0 Å². The van der Waals surface area contributed by atoms with Crippen molar-refractivity contribution in [1.29, 1.82) is 0 Å². The molecule has 0 heterocycles. The van der Waals surface area contributed by atoms with E-state index >= 15 is 0 Å². The summed E-state index contributed by atoms with van der Waals surface area (Å²) in [7, 11) is 3.41. The zero-order valence-electron chi connectivity index (χ0n) is 9.31. The average molecular weight is 284 g/mol. The molecule has 0 radical (unpaired) electrons. The molecule has 0 aliphatic heterocycles. The van der Waals surface area contributed by atoms with Gasteiger partial charge in [0.1, 0.15) is 5.75 Å². The molecular formula is C12H14BrNO2. The maximum absolute atomic E-state index is 11.4. The van der Waals surface area contributed by atoms with Crippen molar-refractivity contribution in [3.05, 3.63) is 34.8 Å². The van der Waals surface area contributed by atoms with Gasteiger partial charge >= 0.3 is 0 Å². The third kappa shape index (κ3) is 3.70. The molecule has 1 aromatic carbocycles. The fourth-order valence-corrected chi connectivity index (χ4v) is 1.37. The van der Waals surface area contributed by atoms with Crippen LogP contribution < -0.4 is 4.74 Å². The molecule has 0 saturated carbocycles. The van der Waals surface area contributed by atoms with Gasteiger partial charge in [0.15, 0.2) is 6.61 Å². The lowest BCUT2D eigenvalue weighted by molar-refractivity contribution is -0.130. The van der Waals surface area contributed by atoms with E-state index in [-0.39, 0.29) is 12.5 Å². The Morgan fingerprint density at radius 1 is 1.44 bits per heavy atom. The Bertz CT molecular complexity index is 388. The molecular weight excluding hydrogens is 270 g/mol. The Labute approximate surface area is 104 Å². The van der Waals surface area contributed by atoms with Crippen molar-refractivity contribution in [3.63, 3.8) is 0 Å². The molecule has 0 aliphatic rings. The molecule has 4 heteroatoms. The number of benzene rings is 1. The van der Waals surface area contributed by atoms with Gasteiger partial charge in [0, 0.05) is 19.7 Å². The van der Waals surface area contributed by atoms with E-state index in [0.717, 1.165) is 5.56 Å². The molecule has 3 nitrogen and oxygen atoms in total. The molecule has 0 aromatic heterocycles. The minimum atomic E-state index is -0.0578. The monoisotopic (exact) mass is 283 g/mol. The normalized spacial score (nSPS) is 10.4. The first-order valence-corrected chi connectivity index (χ1v) is 5.75. The first-order chi connectivity index (χ1) is 7.65. The topological polar surface area (TPSA) is 29.5 Å². The number of carbonyl (C=O) groups is 1. The van der Waals surface area contributed by atoms with E-state index < -0.39 is 0 Å². The fourth-order valence-electron chi connectivity index (χ4n) is 1.09. The lowest BCUT2D eigenvalue weighted by atomic mass is 10.2. The summed E-state index contributed by atoms with van der Waals surface area (Å²) in [6, 6.07) is 7.56. The summed E-state index contributed by atoms with van der Waals surface area (Å²) in [5, 5.41) is 0. The van der Waals surface area contributed by atoms with E-state index in [0.29, 0.717) is 5.75 Å². The van der Waals surface area contributed by atoms with Crippen LogP contribution in [0.5, 0.6) is 5.75 Å². The van der Waals surface area contributed by atoms with Crippen LogP contribution in [-0.2, 0) is 4.79 Å². The van der Waals surface area contributed by atoms with Crippen LogP contribution in [0.2, 0.25) is 0 Å². The number of rotatable bonds is 4. The predicted octanol–water partition coefficient (Wildman–Crippen LogP) is 2.52. The van der Waals surface area contributed by atoms with Crippen LogP contribution >= 0.6 is 15.9 Å². The van der Waals surface area contributed by atoms with Crippen LogP contribution in [0, 0.1) is 0 Å². The summed E-state index contributed by atoms with van der Waals surface area (Å²) in [5.41, 5.74) is 0.936. The van der Waals surface area contributed by atoms with Gasteiger partial charge in [-0.25, -0.2) is 0 Å². The molecule has 1 aromatic rings. The van der Waals surface area contributed by atoms with Gasteiger partial charge in [0.2, 0.25) is 0 Å². The zero-order valence-corrected chi connectivity index (χ0v) is 10.9. The number of amides is 1. The Balaban J connectivity index is 2.70. The molecule has 0 aliphatic carbocycles. The molecule has 0 atom stereocenters. The number of carbonyl (C=O) groups excluding carboxylic acids is 1. The third-order valence-electron chi connectivity index (χ3n) is 2.01. The highest BCUT2D eigenvalue weighted by Crippen LogP contribution is 2.19. The van der Waals surface area contributed by atoms with E-state index in [4.69, 9.17) is 4.74 Å². The predicted molar refractivity (Wildman–Crippen MR) is 68.6 cm³/mol. The van der Waals surface area contributed by atoms with E-state index in [1.165, 1.54) is 4.90 Å². The van der Waals surface area contributed by atoms with Gasteiger partial charge in [-0.05, 0) is 17.1 Å². The molecule has 1 rings (SSSR count). The van der Waals surface area contributed by atoms with Crippen molar-refractivity contribution in [2.24, 2.45) is 0 Å². The molecule has 86 valence electrons. The van der Waals surface area contributed by atoms with E-state index in [2.05, 4.69) is 15.9 Å². The van der Waals surface area contributed by atoms with E-state index in [9.17, 15) is 4.79 Å². The van der Waals surface area contributed by atoms with Crippen molar-refractivity contribution < 1.29 is 9.53 Å². The van der Waals surface area contributed by atoms with Gasteiger partial charge in [-0.3, -0.25) is 4.79 Å². The van der Waals surface area contributed by atoms with Gasteiger partial charge < -0.3 is 9.64 Å². The van der Waals surface area contributed by atoms with Crippen molar-refractivity contribution in [3.8, 4) is 5.75 Å². The highest BCUT2D eigenvalue weighted by atomic mass is 79.9. The molecule has 0 fully saturated rings. The summed E-state index contributed by atoms with van der Waals surface area (Å²) in [6.45, 7) is 0.0557. The number of nitrogens with zero attached hydrogens (tertiary/aromatic N) is 1. The van der Waals surface area contributed by atoms with Gasteiger partial charge in [0.25, 0.3) is 5.91 Å². The molecule has 0 spiro atoms. The number of ether oxygens (including phenoxy) is 1. The van der Waals surface area contributed by atoms with Crippen molar-refractivity contribution in [2.45, 2.75) is 0 Å². The van der Waals surface area contributed by atoms with Crippen molar-refractivity contribution >= 4 is 27.9 Å². The number of para-hydroxylation sites is 1. The average Bonchev–Trinajstić information content (AvgIpc) is 2.27. The lowest BCUT2D eigenvalue weighted by Gasteiger charge is -2.12. The molecule has 0 N–H and O–H groups in total. The summed E-state index contributed by atoms with van der Waals surface area (Å²) < 4.78 is 5.45. The standard InChI is InChI=1S/C12H14BrNO2/c1-14(2)12(15)9-16-11-6-4-3-5-10(11)7-8-13/h3-8H,9H2,1-2H3/b8-7+. The van der Waals surface area contributed by atoms with Gasteiger partial charge in [-0.2, -0.15) is 0 Å². The van der Waals surface area contributed by atoms with Crippen LogP contribution in [0.1, 0.15) is 5.56 Å². The fraction of sp³-hybridized carbons (Fsp3) is 0.250. The number of halogens is 1. The van der Waals surface area contributed by atoms with Crippen molar-refractivity contribution in [2.75, 3.05) is 20.7 Å². The number of hydrogen-bond donors (Lipinski definition) is 0. The van der Waals surface area contributed by atoms with E-state index in [1.807, 2.05) is 30.3 Å². The lowest BCUT2D eigenvalue weighted by Crippen LogP contribution is -2.27. The SMILES string of the molecule is CN(C)C(=O)COc1ccccc1/C=C/Br. The summed E-state index contributed by atoms with van der Waals surface area (Å²) in [4.78, 5) is 14.6. The largest absolute Gasteiger partial charge is 0.483 e.